The number of thioether (sulfide) groups is 1. The minimum Gasteiger partial charge on any atom is -0.262 e. The molecule has 0 atom stereocenters. The summed E-state index contributed by atoms with van der Waals surface area (Å²) in [6, 6.07) is 0. The van der Waals surface area contributed by atoms with Gasteiger partial charge in [0.15, 0.2) is 0 Å². The second-order valence-electron chi connectivity index (χ2n) is 3.09. The molecule has 1 aliphatic carbocycles. The zero-order valence-electron chi connectivity index (χ0n) is 7.21. The standard InChI is InChI=1S/C8H13N3S/c1-2-7-9-8(11-10-7)12-6-4-3-5-6/h6H,2-5H2,1H3,(H,9,10,11). The first-order valence-electron chi connectivity index (χ1n) is 4.46. The van der Waals surface area contributed by atoms with Crippen LogP contribution in [0.2, 0.25) is 0 Å². The fourth-order valence-electron chi connectivity index (χ4n) is 1.13. The molecule has 1 aromatic rings. The second-order valence-corrected chi connectivity index (χ2v) is 4.36. The Morgan fingerprint density at radius 1 is 1.58 bits per heavy atom. The topological polar surface area (TPSA) is 41.6 Å². The Kier molecular flexibility index (Phi) is 2.35. The maximum atomic E-state index is 4.35. The molecule has 1 N–H and O–H groups in total. The molecule has 0 aliphatic heterocycles. The molecule has 0 aromatic carbocycles. The molecule has 66 valence electrons. The van der Waals surface area contributed by atoms with Gasteiger partial charge in [-0.15, -0.1) is 5.10 Å². The van der Waals surface area contributed by atoms with E-state index in [0.29, 0.717) is 0 Å². The molecule has 0 amide bonds. The zero-order chi connectivity index (χ0) is 8.39. The van der Waals surface area contributed by atoms with Crippen molar-refractivity contribution in [3.63, 3.8) is 0 Å². The van der Waals surface area contributed by atoms with Gasteiger partial charge >= 0.3 is 0 Å². The molecule has 12 heavy (non-hydrogen) atoms. The van der Waals surface area contributed by atoms with Gasteiger partial charge < -0.3 is 0 Å². The Balaban J connectivity index is 1.93. The molecule has 0 spiro atoms. The van der Waals surface area contributed by atoms with Gasteiger partial charge in [-0.05, 0) is 12.8 Å². The SMILES string of the molecule is CCc1nc(SC2CCC2)n[nH]1. The Morgan fingerprint density at radius 2 is 2.42 bits per heavy atom. The van der Waals surface area contributed by atoms with Crippen molar-refractivity contribution in [2.24, 2.45) is 0 Å². The minimum atomic E-state index is 0.783. The van der Waals surface area contributed by atoms with E-state index in [2.05, 4.69) is 22.1 Å². The third-order valence-corrected chi connectivity index (χ3v) is 3.37. The van der Waals surface area contributed by atoms with Crippen LogP contribution in [0.3, 0.4) is 0 Å². The lowest BCUT2D eigenvalue weighted by Gasteiger charge is -2.22. The summed E-state index contributed by atoms with van der Waals surface area (Å²) in [5, 5.41) is 8.77. The number of nitrogens with zero attached hydrogens (tertiary/aromatic N) is 2. The lowest BCUT2D eigenvalue weighted by atomic mass is 10.0. The summed E-state index contributed by atoms with van der Waals surface area (Å²) >= 11 is 1.81. The number of nitrogens with one attached hydrogen (secondary N) is 1. The first kappa shape index (κ1) is 8.10. The van der Waals surface area contributed by atoms with Crippen LogP contribution in [0.25, 0.3) is 0 Å². The smallest absolute Gasteiger partial charge is 0.208 e. The third kappa shape index (κ3) is 1.63. The number of aromatic amines is 1. The molecule has 0 bridgehead atoms. The van der Waals surface area contributed by atoms with Crippen LogP contribution >= 0.6 is 11.8 Å². The van der Waals surface area contributed by atoms with Crippen molar-refractivity contribution in [1.82, 2.24) is 15.2 Å². The zero-order valence-corrected chi connectivity index (χ0v) is 8.02. The normalized spacial score (nSPS) is 17.8. The van der Waals surface area contributed by atoms with Crippen molar-refractivity contribution >= 4 is 11.8 Å². The highest BCUT2D eigenvalue weighted by Gasteiger charge is 2.20. The number of hydrogen-bond acceptors (Lipinski definition) is 3. The Labute approximate surface area is 76.4 Å². The van der Waals surface area contributed by atoms with Gasteiger partial charge in [-0.3, -0.25) is 5.10 Å². The van der Waals surface area contributed by atoms with Gasteiger partial charge in [-0.25, -0.2) is 4.98 Å². The second kappa shape index (κ2) is 3.47. The average molecular weight is 183 g/mol. The summed E-state index contributed by atoms with van der Waals surface area (Å²) in [5.41, 5.74) is 0. The highest BCUT2D eigenvalue weighted by molar-refractivity contribution is 7.99. The predicted molar refractivity (Wildman–Crippen MR) is 49.3 cm³/mol. The number of aromatic nitrogens is 3. The molecule has 3 nitrogen and oxygen atoms in total. The minimum absolute atomic E-state index is 0.783. The maximum absolute atomic E-state index is 4.35. The molecular weight excluding hydrogens is 170 g/mol. The fraction of sp³-hybridized carbons (Fsp3) is 0.750. The summed E-state index contributed by atoms with van der Waals surface area (Å²) in [5.74, 6) is 0.997. The van der Waals surface area contributed by atoms with Gasteiger partial charge in [0.2, 0.25) is 5.16 Å². The van der Waals surface area contributed by atoms with Gasteiger partial charge in [-0.1, -0.05) is 25.1 Å². The van der Waals surface area contributed by atoms with Crippen LogP contribution in [-0.2, 0) is 6.42 Å². The summed E-state index contributed by atoms with van der Waals surface area (Å²) in [4.78, 5) is 4.35. The number of hydrogen-bond donors (Lipinski definition) is 1. The van der Waals surface area contributed by atoms with Gasteiger partial charge in [0.05, 0.1) is 0 Å². The van der Waals surface area contributed by atoms with Crippen LogP contribution in [0.15, 0.2) is 5.16 Å². The molecule has 0 saturated heterocycles. The van der Waals surface area contributed by atoms with Gasteiger partial charge in [-0.2, -0.15) is 0 Å². The fourth-order valence-corrected chi connectivity index (χ4v) is 2.25. The predicted octanol–water partition coefficient (Wildman–Crippen LogP) is 2.01. The number of aryl methyl sites for hydroxylation is 1. The number of H-pyrrole nitrogens is 1. The highest BCUT2D eigenvalue weighted by Crippen LogP contribution is 2.34. The van der Waals surface area contributed by atoms with Crippen LogP contribution in [0, 0.1) is 0 Å². The van der Waals surface area contributed by atoms with E-state index in [1.807, 2.05) is 11.8 Å². The van der Waals surface area contributed by atoms with E-state index in [4.69, 9.17) is 0 Å². The van der Waals surface area contributed by atoms with E-state index in [0.717, 1.165) is 22.7 Å². The lowest BCUT2D eigenvalue weighted by molar-refractivity contribution is 0.521. The third-order valence-electron chi connectivity index (χ3n) is 2.17. The first-order valence-corrected chi connectivity index (χ1v) is 5.34. The van der Waals surface area contributed by atoms with Crippen LogP contribution < -0.4 is 0 Å². The maximum Gasteiger partial charge on any atom is 0.208 e. The van der Waals surface area contributed by atoms with E-state index >= 15 is 0 Å². The van der Waals surface area contributed by atoms with Crippen LogP contribution in [0.5, 0.6) is 0 Å². The first-order chi connectivity index (χ1) is 5.88. The Hall–Kier alpha value is -0.510. The molecule has 1 aromatic heterocycles. The molecule has 0 unspecified atom stereocenters. The molecule has 1 saturated carbocycles. The molecule has 1 aliphatic rings. The molecule has 4 heteroatoms. The molecular formula is C8H13N3S. The Morgan fingerprint density at radius 3 is 2.92 bits per heavy atom. The quantitative estimate of drug-likeness (QED) is 0.779. The van der Waals surface area contributed by atoms with E-state index in [-0.39, 0.29) is 0 Å². The van der Waals surface area contributed by atoms with E-state index in [9.17, 15) is 0 Å². The summed E-state index contributed by atoms with van der Waals surface area (Å²) in [6.45, 7) is 2.08. The Bertz CT molecular complexity index is 255. The number of rotatable bonds is 3. The average Bonchev–Trinajstić information content (AvgIpc) is 2.44. The molecule has 2 rings (SSSR count). The van der Waals surface area contributed by atoms with Crippen molar-refractivity contribution < 1.29 is 0 Å². The van der Waals surface area contributed by atoms with Gasteiger partial charge in [0, 0.05) is 11.7 Å². The summed E-state index contributed by atoms with van der Waals surface area (Å²) in [6.07, 6.45) is 4.99. The monoisotopic (exact) mass is 183 g/mol. The highest BCUT2D eigenvalue weighted by atomic mass is 32.2. The van der Waals surface area contributed by atoms with E-state index in [1.165, 1.54) is 19.3 Å². The van der Waals surface area contributed by atoms with Gasteiger partial charge in [0.1, 0.15) is 5.82 Å². The van der Waals surface area contributed by atoms with Crippen molar-refractivity contribution in [2.75, 3.05) is 0 Å². The largest absolute Gasteiger partial charge is 0.262 e. The van der Waals surface area contributed by atoms with Crippen LogP contribution in [-0.4, -0.2) is 20.4 Å². The van der Waals surface area contributed by atoms with Gasteiger partial charge in [0.25, 0.3) is 0 Å². The van der Waals surface area contributed by atoms with Crippen molar-refractivity contribution in [2.45, 2.75) is 43.0 Å². The summed E-state index contributed by atoms with van der Waals surface area (Å²) in [7, 11) is 0. The van der Waals surface area contributed by atoms with Crippen molar-refractivity contribution in [3.8, 4) is 0 Å². The summed E-state index contributed by atoms with van der Waals surface area (Å²) < 4.78 is 0. The van der Waals surface area contributed by atoms with Crippen LogP contribution in [0.1, 0.15) is 32.0 Å². The molecule has 0 radical (unpaired) electrons. The molecule has 1 fully saturated rings. The molecule has 1 heterocycles. The van der Waals surface area contributed by atoms with E-state index in [1.54, 1.807) is 0 Å². The van der Waals surface area contributed by atoms with Crippen molar-refractivity contribution in [3.05, 3.63) is 5.82 Å². The van der Waals surface area contributed by atoms with E-state index < -0.39 is 0 Å². The van der Waals surface area contributed by atoms with Crippen molar-refractivity contribution in [1.29, 1.82) is 0 Å². The lowest BCUT2D eigenvalue weighted by Crippen LogP contribution is -2.12. The van der Waals surface area contributed by atoms with Crippen LogP contribution in [0.4, 0.5) is 0 Å².